The summed E-state index contributed by atoms with van der Waals surface area (Å²) < 4.78 is 5.41. The minimum absolute atomic E-state index is 0.678. The molecule has 0 spiro atoms. The lowest BCUT2D eigenvalue weighted by molar-refractivity contribution is 0.574. The van der Waals surface area contributed by atoms with Crippen LogP contribution in [0.2, 0.25) is 0 Å². The Morgan fingerprint density at radius 1 is 1.33 bits per heavy atom. The first-order chi connectivity index (χ1) is 7.35. The molecule has 15 heavy (non-hydrogen) atoms. The van der Waals surface area contributed by atoms with Gasteiger partial charge in [0.2, 0.25) is 5.89 Å². The van der Waals surface area contributed by atoms with E-state index < -0.39 is 0 Å². The third kappa shape index (κ3) is 1.86. The highest BCUT2D eigenvalue weighted by molar-refractivity contribution is 5.60. The first-order valence-corrected chi connectivity index (χ1v) is 5.06. The average molecular weight is 202 g/mol. The fraction of sp³-hybridized carbons (Fsp3) is 0.250. The lowest BCUT2D eigenvalue weighted by Crippen LogP contribution is -1.89. The van der Waals surface area contributed by atoms with Crippen LogP contribution in [0.25, 0.3) is 11.5 Å². The number of nitrogens with zero attached hydrogens (tertiary/aromatic N) is 1. The summed E-state index contributed by atoms with van der Waals surface area (Å²) in [5.41, 5.74) is 2.32. The van der Waals surface area contributed by atoms with Gasteiger partial charge in [0, 0.05) is 12.6 Å². The fourth-order valence-electron chi connectivity index (χ4n) is 1.55. The molecule has 2 rings (SSSR count). The van der Waals surface area contributed by atoms with E-state index in [1.807, 2.05) is 25.2 Å². The number of aryl methyl sites for hydroxylation is 1. The summed E-state index contributed by atoms with van der Waals surface area (Å²) in [6, 6.07) is 8.16. The monoisotopic (exact) mass is 202 g/mol. The van der Waals surface area contributed by atoms with Crippen molar-refractivity contribution < 1.29 is 4.42 Å². The highest BCUT2D eigenvalue weighted by Crippen LogP contribution is 2.24. The summed E-state index contributed by atoms with van der Waals surface area (Å²) in [6.07, 6.45) is 2.61. The third-order valence-corrected chi connectivity index (χ3v) is 2.39. The lowest BCUT2D eigenvalue weighted by atomic mass is 10.1. The number of oxazole rings is 1. The van der Waals surface area contributed by atoms with E-state index in [4.69, 9.17) is 4.42 Å². The Bertz CT molecular complexity index is 448. The van der Waals surface area contributed by atoms with Crippen molar-refractivity contribution in [2.75, 3.05) is 12.4 Å². The third-order valence-electron chi connectivity index (χ3n) is 2.39. The number of nitrogens with one attached hydrogen (secondary N) is 1. The number of benzene rings is 1. The van der Waals surface area contributed by atoms with Crippen LogP contribution in [0, 0.1) is 0 Å². The van der Waals surface area contributed by atoms with Crippen LogP contribution in [-0.4, -0.2) is 12.0 Å². The van der Waals surface area contributed by atoms with Gasteiger partial charge in [-0.15, -0.1) is 0 Å². The van der Waals surface area contributed by atoms with Crippen molar-refractivity contribution in [3.8, 4) is 11.5 Å². The normalized spacial score (nSPS) is 10.3. The van der Waals surface area contributed by atoms with Gasteiger partial charge in [0.05, 0.1) is 0 Å². The summed E-state index contributed by atoms with van der Waals surface area (Å²) in [4.78, 5) is 4.33. The molecule has 0 radical (unpaired) electrons. The van der Waals surface area contributed by atoms with Crippen molar-refractivity contribution in [3.05, 3.63) is 36.1 Å². The molecule has 0 saturated heterocycles. The molecule has 0 amide bonds. The zero-order chi connectivity index (χ0) is 10.7. The van der Waals surface area contributed by atoms with Gasteiger partial charge in [-0.3, -0.25) is 0 Å². The van der Waals surface area contributed by atoms with E-state index in [0.717, 1.165) is 17.8 Å². The molecule has 0 aliphatic heterocycles. The van der Waals surface area contributed by atoms with Crippen molar-refractivity contribution in [2.45, 2.75) is 13.3 Å². The Balaban J connectivity index is 2.44. The molecular formula is C12H14N2O. The topological polar surface area (TPSA) is 38.1 Å². The zero-order valence-electron chi connectivity index (χ0n) is 8.95. The summed E-state index contributed by atoms with van der Waals surface area (Å²) in [5.74, 6) is 1.44. The second-order valence-corrected chi connectivity index (χ2v) is 3.30. The van der Waals surface area contributed by atoms with E-state index in [-0.39, 0.29) is 0 Å². The molecule has 1 aromatic carbocycles. The van der Waals surface area contributed by atoms with Crippen molar-refractivity contribution in [2.24, 2.45) is 0 Å². The van der Waals surface area contributed by atoms with Crippen molar-refractivity contribution in [3.63, 3.8) is 0 Å². The summed E-state index contributed by atoms with van der Waals surface area (Å²) in [5, 5.41) is 2.95. The summed E-state index contributed by atoms with van der Waals surface area (Å²) in [7, 11) is 1.83. The second kappa shape index (κ2) is 4.17. The Labute approximate surface area is 89.1 Å². The molecule has 0 aliphatic rings. The molecule has 0 saturated carbocycles. The standard InChI is InChI=1S/C12H14N2O/c1-3-9-6-4-5-7-10(9)12-14-11(13-2)8-15-12/h4-8,13H,3H2,1-2H3. The molecule has 0 unspecified atom stereocenters. The SMILES string of the molecule is CCc1ccccc1-c1nc(NC)co1. The molecule has 0 aliphatic carbocycles. The maximum absolute atomic E-state index is 5.41. The fourth-order valence-corrected chi connectivity index (χ4v) is 1.55. The van der Waals surface area contributed by atoms with Crippen LogP contribution < -0.4 is 5.32 Å². The van der Waals surface area contributed by atoms with Crippen LogP contribution in [0.3, 0.4) is 0 Å². The van der Waals surface area contributed by atoms with Gasteiger partial charge in [-0.05, 0) is 18.1 Å². The predicted octanol–water partition coefficient (Wildman–Crippen LogP) is 2.95. The second-order valence-electron chi connectivity index (χ2n) is 3.30. The first-order valence-electron chi connectivity index (χ1n) is 5.06. The van der Waals surface area contributed by atoms with Crippen LogP contribution >= 0.6 is 0 Å². The van der Waals surface area contributed by atoms with E-state index in [0.29, 0.717) is 5.89 Å². The number of anilines is 1. The molecule has 1 N–H and O–H groups in total. The van der Waals surface area contributed by atoms with Crippen LogP contribution in [0.5, 0.6) is 0 Å². The number of aromatic nitrogens is 1. The van der Waals surface area contributed by atoms with Gasteiger partial charge in [0.25, 0.3) is 0 Å². The van der Waals surface area contributed by atoms with E-state index >= 15 is 0 Å². The van der Waals surface area contributed by atoms with Crippen LogP contribution in [-0.2, 0) is 6.42 Å². The quantitative estimate of drug-likeness (QED) is 0.831. The molecule has 78 valence electrons. The number of hydrogen-bond donors (Lipinski definition) is 1. The van der Waals surface area contributed by atoms with E-state index in [1.165, 1.54) is 5.56 Å². The van der Waals surface area contributed by atoms with Crippen LogP contribution in [0.1, 0.15) is 12.5 Å². The number of hydrogen-bond acceptors (Lipinski definition) is 3. The smallest absolute Gasteiger partial charge is 0.228 e. The van der Waals surface area contributed by atoms with Crippen molar-refractivity contribution in [1.82, 2.24) is 4.98 Å². The first kappa shape index (κ1) is 9.77. The minimum Gasteiger partial charge on any atom is -0.442 e. The van der Waals surface area contributed by atoms with Gasteiger partial charge < -0.3 is 9.73 Å². The van der Waals surface area contributed by atoms with Gasteiger partial charge >= 0.3 is 0 Å². The van der Waals surface area contributed by atoms with Gasteiger partial charge in [0.1, 0.15) is 6.26 Å². The minimum atomic E-state index is 0.678. The molecular weight excluding hydrogens is 188 g/mol. The van der Waals surface area contributed by atoms with Gasteiger partial charge in [-0.25, -0.2) is 0 Å². The molecule has 1 aromatic heterocycles. The van der Waals surface area contributed by atoms with Crippen molar-refractivity contribution >= 4 is 5.82 Å². The van der Waals surface area contributed by atoms with E-state index in [1.54, 1.807) is 6.26 Å². The average Bonchev–Trinajstić information content (AvgIpc) is 2.77. The van der Waals surface area contributed by atoms with Crippen LogP contribution in [0.4, 0.5) is 5.82 Å². The molecule has 1 heterocycles. The summed E-state index contributed by atoms with van der Waals surface area (Å²) in [6.45, 7) is 2.13. The molecule has 3 nitrogen and oxygen atoms in total. The Morgan fingerprint density at radius 3 is 2.80 bits per heavy atom. The van der Waals surface area contributed by atoms with E-state index in [2.05, 4.69) is 23.3 Å². The number of rotatable bonds is 3. The lowest BCUT2D eigenvalue weighted by Gasteiger charge is -2.02. The van der Waals surface area contributed by atoms with Crippen molar-refractivity contribution in [1.29, 1.82) is 0 Å². The van der Waals surface area contributed by atoms with Gasteiger partial charge in [0.15, 0.2) is 5.82 Å². The molecule has 0 atom stereocenters. The largest absolute Gasteiger partial charge is 0.442 e. The van der Waals surface area contributed by atoms with Gasteiger partial charge in [-0.1, -0.05) is 25.1 Å². The van der Waals surface area contributed by atoms with Crippen LogP contribution in [0.15, 0.2) is 34.9 Å². The highest BCUT2D eigenvalue weighted by atomic mass is 16.3. The Morgan fingerprint density at radius 2 is 2.13 bits per heavy atom. The zero-order valence-corrected chi connectivity index (χ0v) is 8.95. The maximum Gasteiger partial charge on any atom is 0.228 e. The Hall–Kier alpha value is -1.77. The van der Waals surface area contributed by atoms with E-state index in [9.17, 15) is 0 Å². The molecule has 0 bridgehead atoms. The van der Waals surface area contributed by atoms with Gasteiger partial charge in [-0.2, -0.15) is 4.98 Å². The maximum atomic E-state index is 5.41. The molecule has 2 aromatic rings. The highest BCUT2D eigenvalue weighted by Gasteiger charge is 2.08. The molecule has 0 fully saturated rings. The predicted molar refractivity (Wildman–Crippen MR) is 60.9 cm³/mol. The Kier molecular flexibility index (Phi) is 2.72. The summed E-state index contributed by atoms with van der Waals surface area (Å²) >= 11 is 0. The molecule has 3 heteroatoms.